The molecule has 2 aromatic heterocycles. The van der Waals surface area contributed by atoms with Gasteiger partial charge in [-0.05, 0) is 6.92 Å². The van der Waals surface area contributed by atoms with E-state index in [4.69, 9.17) is 14.2 Å². The molecular formula is C9H10N4O4. The minimum Gasteiger partial charge on any atom is -0.476 e. The number of carboxylic acid groups (broad SMARTS) is 1. The molecule has 0 saturated heterocycles. The van der Waals surface area contributed by atoms with Crippen LogP contribution in [0.1, 0.15) is 28.0 Å². The van der Waals surface area contributed by atoms with Gasteiger partial charge in [-0.25, -0.2) is 4.79 Å². The van der Waals surface area contributed by atoms with Gasteiger partial charge in [0, 0.05) is 6.07 Å². The highest BCUT2D eigenvalue weighted by molar-refractivity contribution is 5.85. The standard InChI is InChI=1S/C9H10N4O4/c1-5-11-8(17-12-5)4-10-3-6-2-7(9(14)15)13-16-6/h2,10H,3-4H2,1H3,(H,14,15). The zero-order valence-electron chi connectivity index (χ0n) is 9.01. The van der Waals surface area contributed by atoms with Gasteiger partial charge >= 0.3 is 5.97 Å². The normalized spacial score (nSPS) is 10.6. The molecule has 0 radical (unpaired) electrons. The van der Waals surface area contributed by atoms with Crippen LogP contribution in [0, 0.1) is 6.92 Å². The molecule has 0 aliphatic heterocycles. The fourth-order valence-corrected chi connectivity index (χ4v) is 1.20. The molecule has 0 saturated carbocycles. The molecule has 0 aromatic carbocycles. The number of aryl methyl sites for hydroxylation is 1. The van der Waals surface area contributed by atoms with Crippen LogP contribution < -0.4 is 5.32 Å². The Hall–Kier alpha value is -2.22. The lowest BCUT2D eigenvalue weighted by molar-refractivity contribution is 0.0685. The van der Waals surface area contributed by atoms with Crippen LogP contribution in [0.3, 0.4) is 0 Å². The molecule has 2 heterocycles. The van der Waals surface area contributed by atoms with Gasteiger partial charge in [0.15, 0.2) is 17.3 Å². The maximum absolute atomic E-state index is 10.5. The number of carboxylic acids is 1. The maximum Gasteiger partial charge on any atom is 0.358 e. The monoisotopic (exact) mass is 238 g/mol. The largest absolute Gasteiger partial charge is 0.476 e. The lowest BCUT2D eigenvalue weighted by Crippen LogP contribution is -2.12. The van der Waals surface area contributed by atoms with Crippen molar-refractivity contribution in [2.75, 3.05) is 0 Å². The molecule has 2 rings (SSSR count). The number of hydrogen-bond acceptors (Lipinski definition) is 7. The second-order valence-electron chi connectivity index (χ2n) is 3.32. The van der Waals surface area contributed by atoms with Crippen LogP contribution in [0.4, 0.5) is 0 Å². The summed E-state index contributed by atoms with van der Waals surface area (Å²) in [5.74, 6) is 0.335. The van der Waals surface area contributed by atoms with Crippen molar-refractivity contribution in [3.05, 3.63) is 29.2 Å². The van der Waals surface area contributed by atoms with E-state index in [2.05, 4.69) is 20.6 Å². The van der Waals surface area contributed by atoms with Gasteiger partial charge in [0.25, 0.3) is 0 Å². The summed E-state index contributed by atoms with van der Waals surface area (Å²) in [7, 11) is 0. The number of carbonyl (C=O) groups is 1. The lowest BCUT2D eigenvalue weighted by Gasteiger charge is -1.95. The Kier molecular flexibility index (Phi) is 3.15. The molecule has 0 amide bonds. The van der Waals surface area contributed by atoms with Crippen molar-refractivity contribution in [2.45, 2.75) is 20.0 Å². The predicted octanol–water partition coefficient (Wildman–Crippen LogP) is 0.354. The zero-order valence-corrected chi connectivity index (χ0v) is 9.01. The van der Waals surface area contributed by atoms with Gasteiger partial charge in [-0.2, -0.15) is 4.98 Å². The number of hydrogen-bond donors (Lipinski definition) is 2. The number of aromatic carboxylic acids is 1. The van der Waals surface area contributed by atoms with Crippen molar-refractivity contribution in [2.24, 2.45) is 0 Å². The van der Waals surface area contributed by atoms with E-state index in [-0.39, 0.29) is 5.69 Å². The van der Waals surface area contributed by atoms with Gasteiger partial charge in [-0.3, -0.25) is 0 Å². The summed E-state index contributed by atoms with van der Waals surface area (Å²) >= 11 is 0. The minimum absolute atomic E-state index is 0.115. The molecule has 0 fully saturated rings. The number of nitrogens with zero attached hydrogens (tertiary/aromatic N) is 3. The molecule has 0 spiro atoms. The summed E-state index contributed by atoms with van der Waals surface area (Å²) in [6.45, 7) is 2.44. The van der Waals surface area contributed by atoms with Crippen LogP contribution in [-0.4, -0.2) is 26.4 Å². The summed E-state index contributed by atoms with van der Waals surface area (Å²) in [4.78, 5) is 14.5. The second kappa shape index (κ2) is 4.74. The quantitative estimate of drug-likeness (QED) is 0.766. The third-order valence-corrected chi connectivity index (χ3v) is 1.92. The first-order chi connectivity index (χ1) is 8.15. The number of nitrogens with one attached hydrogen (secondary N) is 1. The Morgan fingerprint density at radius 2 is 2.24 bits per heavy atom. The smallest absolute Gasteiger partial charge is 0.358 e. The first-order valence-corrected chi connectivity index (χ1v) is 4.84. The Labute approximate surface area is 95.6 Å². The minimum atomic E-state index is -1.12. The molecule has 8 heteroatoms. The zero-order chi connectivity index (χ0) is 12.3. The van der Waals surface area contributed by atoms with Crippen molar-refractivity contribution in [1.29, 1.82) is 0 Å². The topological polar surface area (TPSA) is 114 Å². The molecule has 0 aliphatic carbocycles. The van der Waals surface area contributed by atoms with Gasteiger partial charge < -0.3 is 19.5 Å². The van der Waals surface area contributed by atoms with E-state index < -0.39 is 5.97 Å². The van der Waals surface area contributed by atoms with E-state index in [0.717, 1.165) is 0 Å². The van der Waals surface area contributed by atoms with Crippen molar-refractivity contribution in [1.82, 2.24) is 20.6 Å². The molecule has 8 nitrogen and oxygen atoms in total. The van der Waals surface area contributed by atoms with Gasteiger partial charge in [0.05, 0.1) is 13.1 Å². The lowest BCUT2D eigenvalue weighted by atomic mass is 10.3. The summed E-state index contributed by atoms with van der Waals surface area (Å²) in [6, 6.07) is 1.36. The Bertz CT molecular complexity index is 519. The molecule has 0 unspecified atom stereocenters. The highest BCUT2D eigenvalue weighted by Gasteiger charge is 2.10. The molecule has 0 aliphatic rings. The van der Waals surface area contributed by atoms with Crippen molar-refractivity contribution >= 4 is 5.97 Å². The molecule has 90 valence electrons. The summed E-state index contributed by atoms with van der Waals surface area (Å²) < 4.78 is 9.69. The summed E-state index contributed by atoms with van der Waals surface area (Å²) in [6.07, 6.45) is 0. The van der Waals surface area contributed by atoms with Crippen molar-refractivity contribution in [3.8, 4) is 0 Å². The Morgan fingerprint density at radius 1 is 1.41 bits per heavy atom. The van der Waals surface area contributed by atoms with E-state index in [1.165, 1.54) is 6.07 Å². The average molecular weight is 238 g/mol. The highest BCUT2D eigenvalue weighted by atomic mass is 16.5. The first-order valence-electron chi connectivity index (χ1n) is 4.84. The third-order valence-electron chi connectivity index (χ3n) is 1.92. The fourth-order valence-electron chi connectivity index (χ4n) is 1.20. The first kappa shape index (κ1) is 11.3. The van der Waals surface area contributed by atoms with Crippen LogP contribution in [0.25, 0.3) is 0 Å². The molecule has 2 aromatic rings. The molecule has 0 bridgehead atoms. The van der Waals surface area contributed by atoms with Gasteiger partial charge in [-0.15, -0.1) is 0 Å². The third kappa shape index (κ3) is 2.88. The Balaban J connectivity index is 1.83. The van der Waals surface area contributed by atoms with E-state index in [0.29, 0.717) is 30.6 Å². The Morgan fingerprint density at radius 3 is 2.82 bits per heavy atom. The predicted molar refractivity (Wildman–Crippen MR) is 53.0 cm³/mol. The number of aromatic nitrogens is 3. The van der Waals surface area contributed by atoms with Crippen LogP contribution in [0.15, 0.2) is 15.1 Å². The highest BCUT2D eigenvalue weighted by Crippen LogP contribution is 2.03. The average Bonchev–Trinajstić information content (AvgIpc) is 2.88. The van der Waals surface area contributed by atoms with Crippen LogP contribution in [-0.2, 0) is 13.1 Å². The van der Waals surface area contributed by atoms with Crippen LogP contribution in [0.2, 0.25) is 0 Å². The molecule has 17 heavy (non-hydrogen) atoms. The second-order valence-corrected chi connectivity index (χ2v) is 3.32. The van der Waals surface area contributed by atoms with Gasteiger partial charge in [-0.1, -0.05) is 10.3 Å². The fraction of sp³-hybridized carbons (Fsp3) is 0.333. The maximum atomic E-state index is 10.5. The van der Waals surface area contributed by atoms with E-state index in [1.807, 2.05) is 0 Å². The molecule has 0 atom stereocenters. The number of rotatable bonds is 5. The summed E-state index contributed by atoms with van der Waals surface area (Å²) in [5, 5.41) is 18.6. The van der Waals surface area contributed by atoms with E-state index in [1.54, 1.807) is 6.92 Å². The van der Waals surface area contributed by atoms with Crippen molar-refractivity contribution < 1.29 is 18.9 Å². The van der Waals surface area contributed by atoms with Gasteiger partial charge in [0.1, 0.15) is 0 Å². The van der Waals surface area contributed by atoms with Crippen LogP contribution in [0.5, 0.6) is 0 Å². The van der Waals surface area contributed by atoms with Gasteiger partial charge in [0.2, 0.25) is 5.89 Å². The SMILES string of the molecule is Cc1noc(CNCc2cc(C(=O)O)no2)n1. The van der Waals surface area contributed by atoms with E-state index in [9.17, 15) is 4.79 Å². The molecular weight excluding hydrogens is 228 g/mol. The van der Waals surface area contributed by atoms with E-state index >= 15 is 0 Å². The van der Waals surface area contributed by atoms with Crippen LogP contribution >= 0.6 is 0 Å². The summed E-state index contributed by atoms with van der Waals surface area (Å²) in [5.41, 5.74) is -0.115. The molecule has 2 N–H and O–H groups in total. The van der Waals surface area contributed by atoms with Crippen molar-refractivity contribution in [3.63, 3.8) is 0 Å².